The first-order valence-electron chi connectivity index (χ1n) is 15.0. The molecule has 0 amide bonds. The molecule has 0 spiro atoms. The van der Waals surface area contributed by atoms with Crippen LogP contribution in [0.1, 0.15) is 100 Å². The molecule has 5 heteroatoms. The third-order valence-electron chi connectivity index (χ3n) is 8.56. The summed E-state index contributed by atoms with van der Waals surface area (Å²) in [6.45, 7) is 13.5. The quantitative estimate of drug-likeness (QED) is 0.0924. The third-order valence-corrected chi connectivity index (χ3v) is 13.2. The van der Waals surface area contributed by atoms with Gasteiger partial charge in [-0.15, -0.1) is 0 Å². The summed E-state index contributed by atoms with van der Waals surface area (Å²) < 4.78 is 17.6. The Kier molecular flexibility index (Phi) is 12.4. The Balaban J connectivity index is 1.41. The number of ether oxygens (including phenoxy) is 3. The van der Waals surface area contributed by atoms with E-state index >= 15 is 0 Å². The topological polar surface area (TPSA) is 44.8 Å². The van der Waals surface area contributed by atoms with Crippen molar-refractivity contribution >= 4 is 14.0 Å². The normalized spacial score (nSPS) is 18.3. The van der Waals surface area contributed by atoms with Crippen LogP contribution in [0.4, 0.5) is 0 Å². The van der Waals surface area contributed by atoms with Crippen molar-refractivity contribution in [1.29, 1.82) is 0 Å². The Morgan fingerprint density at radius 3 is 2.29 bits per heavy atom. The number of rotatable bonds is 16. The lowest BCUT2D eigenvalue weighted by molar-refractivity contribution is 0.0734. The van der Waals surface area contributed by atoms with E-state index in [2.05, 4.69) is 46.0 Å². The van der Waals surface area contributed by atoms with Crippen molar-refractivity contribution < 1.29 is 19.0 Å². The Bertz CT molecular complexity index is 954. The number of carbonyl (C=O) groups excluding carboxylic acids is 1. The van der Waals surface area contributed by atoms with Crippen molar-refractivity contribution in [2.75, 3.05) is 13.2 Å². The summed E-state index contributed by atoms with van der Waals surface area (Å²) in [6, 6.07) is 16.5. The van der Waals surface area contributed by atoms with Gasteiger partial charge in [0, 0.05) is 5.92 Å². The average Bonchev–Trinajstić information content (AvgIpc) is 3.41. The fourth-order valence-electron chi connectivity index (χ4n) is 5.20. The predicted octanol–water partition coefficient (Wildman–Crippen LogP) is 9.42. The Morgan fingerprint density at radius 2 is 1.61 bits per heavy atom. The van der Waals surface area contributed by atoms with Crippen LogP contribution < -0.4 is 9.47 Å². The first-order chi connectivity index (χ1) is 18.3. The SMILES string of the molecule is CCCCCCCCOc1ccc(C(=O)Oc2ccc([C@H]3COC(CC[Si](C)(C)[C@H](C)CC)C3)cc2)cc1. The molecule has 0 aliphatic carbocycles. The zero-order valence-electron chi connectivity index (χ0n) is 24.5. The van der Waals surface area contributed by atoms with E-state index in [1.54, 1.807) is 12.1 Å². The molecule has 0 bridgehead atoms. The van der Waals surface area contributed by atoms with E-state index in [0.29, 0.717) is 29.9 Å². The van der Waals surface area contributed by atoms with Crippen molar-refractivity contribution in [3.8, 4) is 11.5 Å². The summed E-state index contributed by atoms with van der Waals surface area (Å²) in [6.07, 6.45) is 11.3. The van der Waals surface area contributed by atoms with E-state index in [1.807, 2.05) is 24.3 Å². The fraction of sp³-hybridized carbons (Fsp3) is 0.606. The monoisotopic (exact) mass is 538 g/mol. The van der Waals surface area contributed by atoms with Crippen LogP contribution in [0.5, 0.6) is 11.5 Å². The maximum absolute atomic E-state index is 12.6. The number of hydrogen-bond donors (Lipinski definition) is 0. The summed E-state index contributed by atoms with van der Waals surface area (Å²) in [4.78, 5) is 12.6. The lowest BCUT2D eigenvalue weighted by Gasteiger charge is -2.30. The molecule has 1 aliphatic rings. The largest absolute Gasteiger partial charge is 0.494 e. The molecule has 2 aromatic carbocycles. The second-order valence-corrected chi connectivity index (χ2v) is 17.3. The van der Waals surface area contributed by atoms with Gasteiger partial charge in [-0.05, 0) is 66.8 Å². The minimum Gasteiger partial charge on any atom is -0.494 e. The molecule has 4 nitrogen and oxygen atoms in total. The molecule has 1 aliphatic heterocycles. The highest BCUT2D eigenvalue weighted by atomic mass is 28.3. The molecule has 1 fully saturated rings. The van der Waals surface area contributed by atoms with E-state index in [1.165, 1.54) is 56.6 Å². The predicted molar refractivity (Wildman–Crippen MR) is 160 cm³/mol. The molecule has 1 saturated heterocycles. The molecule has 0 radical (unpaired) electrons. The summed E-state index contributed by atoms with van der Waals surface area (Å²) >= 11 is 0. The number of carbonyl (C=O) groups is 1. The molecular formula is C33H50O4Si. The Morgan fingerprint density at radius 1 is 0.947 bits per heavy atom. The molecule has 38 heavy (non-hydrogen) atoms. The number of benzene rings is 2. The van der Waals surface area contributed by atoms with Crippen LogP contribution in [0.15, 0.2) is 48.5 Å². The standard InChI is InChI=1S/C33H50O4Si/c1-6-8-9-10-11-12-22-35-30-17-15-28(16-18-30)33(34)37-31-19-13-27(14-20-31)29-24-32(36-25-29)21-23-38(4,5)26(3)7-2/h13-20,26,29,32H,6-12,21-25H2,1-5H3/t26-,29-,32?/m1/s1. The Hall–Kier alpha value is -2.11. The fourth-order valence-corrected chi connectivity index (χ4v) is 7.87. The van der Waals surface area contributed by atoms with Gasteiger partial charge < -0.3 is 14.2 Å². The number of hydrogen-bond acceptors (Lipinski definition) is 4. The van der Waals surface area contributed by atoms with Crippen molar-refractivity contribution in [2.45, 2.75) is 115 Å². The smallest absolute Gasteiger partial charge is 0.343 e. The summed E-state index contributed by atoms with van der Waals surface area (Å²) in [5.41, 5.74) is 2.64. The van der Waals surface area contributed by atoms with Crippen LogP contribution in [0.3, 0.4) is 0 Å². The highest BCUT2D eigenvalue weighted by Crippen LogP contribution is 2.36. The lowest BCUT2D eigenvalue weighted by Crippen LogP contribution is -2.31. The van der Waals surface area contributed by atoms with E-state index in [9.17, 15) is 4.79 Å². The van der Waals surface area contributed by atoms with Gasteiger partial charge in [0.1, 0.15) is 11.5 Å². The van der Waals surface area contributed by atoms with Gasteiger partial charge in [-0.3, -0.25) is 0 Å². The molecule has 0 N–H and O–H groups in total. The van der Waals surface area contributed by atoms with Gasteiger partial charge >= 0.3 is 5.97 Å². The highest BCUT2D eigenvalue weighted by molar-refractivity contribution is 6.78. The molecule has 1 heterocycles. The van der Waals surface area contributed by atoms with Crippen molar-refractivity contribution in [3.05, 3.63) is 59.7 Å². The maximum Gasteiger partial charge on any atom is 0.343 e. The molecule has 3 atom stereocenters. The second kappa shape index (κ2) is 15.5. The minimum atomic E-state index is -1.18. The molecule has 3 rings (SSSR count). The van der Waals surface area contributed by atoms with Crippen molar-refractivity contribution in [3.63, 3.8) is 0 Å². The van der Waals surface area contributed by atoms with Crippen LogP contribution in [-0.4, -0.2) is 33.4 Å². The van der Waals surface area contributed by atoms with E-state index in [4.69, 9.17) is 14.2 Å². The molecule has 210 valence electrons. The number of unbranched alkanes of at least 4 members (excludes halogenated alkanes) is 5. The highest BCUT2D eigenvalue weighted by Gasteiger charge is 2.31. The van der Waals surface area contributed by atoms with Gasteiger partial charge in [0.2, 0.25) is 0 Å². The first kappa shape index (κ1) is 30.4. The van der Waals surface area contributed by atoms with E-state index in [0.717, 1.165) is 30.7 Å². The van der Waals surface area contributed by atoms with Crippen molar-refractivity contribution in [2.24, 2.45) is 0 Å². The van der Waals surface area contributed by atoms with E-state index in [-0.39, 0.29) is 5.97 Å². The van der Waals surface area contributed by atoms with Crippen molar-refractivity contribution in [1.82, 2.24) is 0 Å². The van der Waals surface area contributed by atoms with Crippen LogP contribution >= 0.6 is 0 Å². The Labute approximate surface area is 232 Å². The van der Waals surface area contributed by atoms with Crippen LogP contribution in [0.2, 0.25) is 24.7 Å². The average molecular weight is 539 g/mol. The van der Waals surface area contributed by atoms with Crippen LogP contribution in [0.25, 0.3) is 0 Å². The summed E-state index contributed by atoms with van der Waals surface area (Å²) in [5, 5.41) is 0. The van der Waals surface area contributed by atoms with Gasteiger partial charge in [0.15, 0.2) is 0 Å². The molecule has 1 unspecified atom stereocenters. The minimum absolute atomic E-state index is 0.349. The van der Waals surface area contributed by atoms with Gasteiger partial charge in [0.25, 0.3) is 0 Å². The van der Waals surface area contributed by atoms with Gasteiger partial charge in [-0.1, -0.05) is 90.6 Å². The molecule has 0 aromatic heterocycles. The van der Waals surface area contributed by atoms with Gasteiger partial charge in [-0.25, -0.2) is 4.79 Å². The number of esters is 1. The molecule has 2 aromatic rings. The van der Waals surface area contributed by atoms with Crippen LogP contribution in [0, 0.1) is 0 Å². The maximum atomic E-state index is 12.6. The summed E-state index contributed by atoms with van der Waals surface area (Å²) in [7, 11) is -1.18. The van der Waals surface area contributed by atoms with Gasteiger partial charge in [-0.2, -0.15) is 0 Å². The zero-order chi connectivity index (χ0) is 27.4. The molecular weight excluding hydrogens is 488 g/mol. The third kappa shape index (κ3) is 9.57. The van der Waals surface area contributed by atoms with E-state index < -0.39 is 8.07 Å². The first-order valence-corrected chi connectivity index (χ1v) is 18.3. The second-order valence-electron chi connectivity index (χ2n) is 11.8. The zero-order valence-corrected chi connectivity index (χ0v) is 25.5. The van der Waals surface area contributed by atoms with Gasteiger partial charge in [0.05, 0.1) is 33.0 Å². The van der Waals surface area contributed by atoms with Crippen LogP contribution in [-0.2, 0) is 4.74 Å². The molecule has 0 saturated carbocycles. The summed E-state index contributed by atoms with van der Waals surface area (Å²) in [5.74, 6) is 1.43. The lowest BCUT2D eigenvalue weighted by atomic mass is 9.95.